The summed E-state index contributed by atoms with van der Waals surface area (Å²) in [6.07, 6.45) is 0. The third kappa shape index (κ3) is 3.81. The smallest absolute Gasteiger partial charge is 0.138 e. The molecule has 0 saturated heterocycles. The van der Waals surface area contributed by atoms with Gasteiger partial charge in [0.1, 0.15) is 5.82 Å². The van der Waals surface area contributed by atoms with Crippen molar-refractivity contribution >= 4 is 22.4 Å². The van der Waals surface area contributed by atoms with E-state index in [0.29, 0.717) is 5.69 Å². The van der Waals surface area contributed by atoms with E-state index in [1.54, 1.807) is 0 Å². The number of para-hydroxylation sites is 1. The van der Waals surface area contributed by atoms with Crippen molar-refractivity contribution in [1.82, 2.24) is 9.97 Å². The lowest BCUT2D eigenvalue weighted by molar-refractivity contribution is 1.34. The van der Waals surface area contributed by atoms with Gasteiger partial charge in [0.25, 0.3) is 0 Å². The highest BCUT2D eigenvalue weighted by Gasteiger charge is 2.17. The van der Waals surface area contributed by atoms with E-state index in [2.05, 4.69) is 47.4 Å². The van der Waals surface area contributed by atoms with Crippen LogP contribution in [0.2, 0.25) is 0 Å². The van der Waals surface area contributed by atoms with Gasteiger partial charge in [-0.25, -0.2) is 4.98 Å². The number of anilines is 2. The molecular weight excluding hydrogens is 428 g/mol. The van der Waals surface area contributed by atoms with Crippen LogP contribution in [0.1, 0.15) is 0 Å². The molecule has 0 atom stereocenters. The third-order valence-corrected chi connectivity index (χ3v) is 6.32. The summed E-state index contributed by atoms with van der Waals surface area (Å²) in [5.74, 6) is 0.843. The zero-order chi connectivity index (χ0) is 23.8. The fourth-order valence-corrected chi connectivity index (χ4v) is 4.66. The second-order valence-corrected chi connectivity index (χ2v) is 8.63. The first kappa shape index (κ1) is 20.8. The molecule has 4 nitrogen and oxygen atoms in total. The predicted molar refractivity (Wildman–Crippen MR) is 147 cm³/mol. The van der Waals surface area contributed by atoms with Crippen molar-refractivity contribution in [1.29, 1.82) is 0 Å². The second kappa shape index (κ2) is 8.50. The number of nitrogens with one attached hydrogen (secondary N) is 1. The van der Waals surface area contributed by atoms with Gasteiger partial charge in [0.15, 0.2) is 0 Å². The molecule has 5 aromatic carbocycles. The number of nitrogens with two attached hydrogens (primary N) is 2. The zero-order valence-electron chi connectivity index (χ0n) is 19.1. The minimum absolute atomic E-state index is 0.709. The molecule has 35 heavy (non-hydrogen) atoms. The molecule has 168 valence electrons. The van der Waals surface area contributed by atoms with Gasteiger partial charge in [-0.3, -0.25) is 0 Å². The summed E-state index contributed by atoms with van der Waals surface area (Å²) < 4.78 is 0. The van der Waals surface area contributed by atoms with Crippen molar-refractivity contribution in [3.63, 3.8) is 0 Å². The Kier molecular flexibility index (Phi) is 5.04. The molecule has 0 unspecified atom stereocenters. The molecule has 0 bridgehead atoms. The highest BCUT2D eigenvalue weighted by atomic mass is 14.9. The van der Waals surface area contributed by atoms with Crippen LogP contribution in [0, 0.1) is 0 Å². The minimum Gasteiger partial charge on any atom is -0.399 e. The lowest BCUT2D eigenvalue weighted by Crippen LogP contribution is -1.94. The quantitative estimate of drug-likeness (QED) is 0.244. The van der Waals surface area contributed by atoms with Gasteiger partial charge >= 0.3 is 0 Å². The van der Waals surface area contributed by atoms with Crippen LogP contribution >= 0.6 is 0 Å². The van der Waals surface area contributed by atoms with Crippen molar-refractivity contribution < 1.29 is 0 Å². The number of aromatic nitrogens is 2. The highest BCUT2D eigenvalue weighted by Crippen LogP contribution is 2.41. The number of benzene rings is 5. The van der Waals surface area contributed by atoms with Crippen molar-refractivity contribution in [2.45, 2.75) is 0 Å². The van der Waals surface area contributed by atoms with Crippen LogP contribution in [0.4, 0.5) is 11.4 Å². The van der Waals surface area contributed by atoms with Gasteiger partial charge in [-0.1, -0.05) is 84.9 Å². The van der Waals surface area contributed by atoms with Crippen LogP contribution in [0.3, 0.4) is 0 Å². The van der Waals surface area contributed by atoms with Gasteiger partial charge in [-0.2, -0.15) is 0 Å². The van der Waals surface area contributed by atoms with E-state index in [0.717, 1.165) is 61.5 Å². The molecule has 6 rings (SSSR count). The van der Waals surface area contributed by atoms with Gasteiger partial charge < -0.3 is 16.5 Å². The van der Waals surface area contributed by atoms with E-state index >= 15 is 0 Å². The number of fused-ring (bicyclic) bond motifs is 1. The van der Waals surface area contributed by atoms with E-state index in [1.165, 1.54) is 0 Å². The maximum absolute atomic E-state index is 6.31. The first-order chi connectivity index (χ1) is 17.2. The van der Waals surface area contributed by atoms with Crippen LogP contribution in [0.5, 0.6) is 0 Å². The van der Waals surface area contributed by atoms with E-state index in [-0.39, 0.29) is 0 Å². The Hall–Kier alpha value is -4.83. The SMILES string of the molecule is Nc1ccc(-c2ccc(N)cc2-c2cccc3nc(-c4ccccc4)[nH]c23)c(-c2ccccc2)c1. The van der Waals surface area contributed by atoms with Crippen molar-refractivity contribution in [3.05, 3.63) is 115 Å². The van der Waals surface area contributed by atoms with Gasteiger partial charge in [-0.15, -0.1) is 0 Å². The Morgan fingerprint density at radius 2 is 1.09 bits per heavy atom. The predicted octanol–water partition coefficient (Wildman–Crippen LogP) is 7.40. The number of hydrogen-bond acceptors (Lipinski definition) is 3. The number of H-pyrrole nitrogens is 1. The molecule has 0 aliphatic carbocycles. The number of aromatic amines is 1. The summed E-state index contributed by atoms with van der Waals surface area (Å²) in [5.41, 5.74) is 23.4. The third-order valence-electron chi connectivity index (χ3n) is 6.32. The first-order valence-electron chi connectivity index (χ1n) is 11.6. The Morgan fingerprint density at radius 1 is 0.486 bits per heavy atom. The Labute approximate surface area is 203 Å². The standard InChI is InChI=1S/C31H24N4/c32-22-14-16-24(27(18-22)20-8-3-1-4-9-20)25-17-15-23(33)19-28(25)26-12-7-13-29-30(26)35-31(34-29)21-10-5-2-6-11-21/h1-19H,32-33H2,(H,34,35). The first-order valence-corrected chi connectivity index (χ1v) is 11.6. The molecule has 6 aromatic rings. The molecule has 0 aliphatic rings. The number of nitrogens with zero attached hydrogens (tertiary/aromatic N) is 1. The fourth-order valence-electron chi connectivity index (χ4n) is 4.66. The van der Waals surface area contributed by atoms with Gasteiger partial charge in [0.05, 0.1) is 11.0 Å². The van der Waals surface area contributed by atoms with E-state index in [9.17, 15) is 0 Å². The average molecular weight is 453 g/mol. The van der Waals surface area contributed by atoms with E-state index < -0.39 is 0 Å². The molecule has 4 heteroatoms. The summed E-state index contributed by atoms with van der Waals surface area (Å²) >= 11 is 0. The number of nitrogen functional groups attached to an aromatic ring is 2. The Bertz CT molecular complexity index is 1650. The molecule has 0 saturated carbocycles. The summed E-state index contributed by atoms with van der Waals surface area (Å²) in [6.45, 7) is 0. The molecule has 0 amide bonds. The minimum atomic E-state index is 0.709. The van der Waals surface area contributed by atoms with E-state index in [4.69, 9.17) is 16.5 Å². The van der Waals surface area contributed by atoms with Crippen LogP contribution in [0.25, 0.3) is 55.8 Å². The Balaban J connectivity index is 1.59. The fraction of sp³-hybridized carbons (Fsp3) is 0. The summed E-state index contributed by atoms with van der Waals surface area (Å²) in [7, 11) is 0. The maximum Gasteiger partial charge on any atom is 0.138 e. The average Bonchev–Trinajstić information content (AvgIpc) is 3.35. The Morgan fingerprint density at radius 3 is 1.77 bits per heavy atom. The maximum atomic E-state index is 6.31. The molecule has 1 aromatic heterocycles. The molecule has 1 heterocycles. The zero-order valence-corrected chi connectivity index (χ0v) is 19.1. The molecule has 0 radical (unpaired) electrons. The summed E-state index contributed by atoms with van der Waals surface area (Å²) in [6, 6.07) is 38.9. The largest absolute Gasteiger partial charge is 0.399 e. The van der Waals surface area contributed by atoms with Crippen molar-refractivity contribution in [2.75, 3.05) is 11.5 Å². The monoisotopic (exact) mass is 452 g/mol. The number of hydrogen-bond donors (Lipinski definition) is 3. The molecule has 0 aliphatic heterocycles. The van der Waals surface area contributed by atoms with Crippen molar-refractivity contribution in [3.8, 4) is 44.8 Å². The van der Waals surface area contributed by atoms with Crippen LogP contribution in [0.15, 0.2) is 115 Å². The molecular formula is C31H24N4. The van der Waals surface area contributed by atoms with Gasteiger partial charge in [0.2, 0.25) is 0 Å². The summed E-state index contributed by atoms with van der Waals surface area (Å²) in [5, 5.41) is 0. The molecule has 0 spiro atoms. The van der Waals surface area contributed by atoms with Gasteiger partial charge in [-0.05, 0) is 58.1 Å². The van der Waals surface area contributed by atoms with Crippen LogP contribution in [-0.2, 0) is 0 Å². The van der Waals surface area contributed by atoms with Gasteiger partial charge in [0, 0.05) is 22.5 Å². The topological polar surface area (TPSA) is 80.7 Å². The number of rotatable bonds is 4. The highest BCUT2D eigenvalue weighted by molar-refractivity contribution is 6.01. The van der Waals surface area contributed by atoms with Crippen LogP contribution < -0.4 is 11.5 Å². The molecule has 5 N–H and O–H groups in total. The van der Waals surface area contributed by atoms with Crippen molar-refractivity contribution in [2.24, 2.45) is 0 Å². The summed E-state index contributed by atoms with van der Waals surface area (Å²) in [4.78, 5) is 8.43. The van der Waals surface area contributed by atoms with E-state index in [1.807, 2.05) is 72.8 Å². The lowest BCUT2D eigenvalue weighted by atomic mass is 9.88. The van der Waals surface area contributed by atoms with Crippen LogP contribution in [-0.4, -0.2) is 9.97 Å². The second-order valence-electron chi connectivity index (χ2n) is 8.63. The lowest BCUT2D eigenvalue weighted by Gasteiger charge is -2.16. The molecule has 0 fully saturated rings. The number of imidazole rings is 1. The normalized spacial score (nSPS) is 11.1.